The molecule has 0 radical (unpaired) electrons. The van der Waals surface area contributed by atoms with Gasteiger partial charge in [0.1, 0.15) is 5.82 Å². The molecular weight excluding hydrogens is 333 g/mol. The van der Waals surface area contributed by atoms with Gasteiger partial charge < -0.3 is 0 Å². The van der Waals surface area contributed by atoms with E-state index in [2.05, 4.69) is 15.5 Å². The first kappa shape index (κ1) is 16.4. The van der Waals surface area contributed by atoms with E-state index in [1.807, 2.05) is 13.0 Å². The lowest BCUT2D eigenvalue weighted by atomic mass is 9.78. The number of hydrogen-bond donors (Lipinski definition) is 1. The minimum atomic E-state index is -0.661. The van der Waals surface area contributed by atoms with Crippen LogP contribution in [0.3, 0.4) is 0 Å². The predicted molar refractivity (Wildman–Crippen MR) is 91.5 cm³/mol. The number of aromatic nitrogens is 2. The van der Waals surface area contributed by atoms with Crippen molar-refractivity contribution >= 4 is 34.1 Å². The van der Waals surface area contributed by atoms with Crippen LogP contribution in [0.5, 0.6) is 0 Å². The summed E-state index contributed by atoms with van der Waals surface area (Å²) < 4.78 is 14.5. The lowest BCUT2D eigenvalue weighted by Crippen LogP contribution is -2.38. The molecule has 1 saturated carbocycles. The van der Waals surface area contributed by atoms with Gasteiger partial charge >= 0.3 is 0 Å². The average Bonchev–Trinajstić information content (AvgIpc) is 3.18. The van der Waals surface area contributed by atoms with E-state index in [4.69, 9.17) is 0 Å². The third-order valence-electron chi connectivity index (χ3n) is 4.16. The van der Waals surface area contributed by atoms with Crippen molar-refractivity contribution in [3.05, 3.63) is 35.6 Å². The van der Waals surface area contributed by atoms with Gasteiger partial charge in [0.05, 0.1) is 5.41 Å². The van der Waals surface area contributed by atoms with Gasteiger partial charge in [-0.3, -0.25) is 10.1 Å². The van der Waals surface area contributed by atoms with Crippen LogP contribution in [0, 0.1) is 5.82 Å². The molecule has 4 nitrogen and oxygen atoms in total. The molecule has 0 bridgehead atoms. The second-order valence-corrected chi connectivity index (χ2v) is 8.05. The number of rotatable bonds is 5. The molecule has 23 heavy (non-hydrogen) atoms. The Morgan fingerprint density at radius 3 is 2.87 bits per heavy atom. The van der Waals surface area contributed by atoms with Gasteiger partial charge in [0.25, 0.3) is 0 Å². The molecule has 1 aromatic heterocycles. The van der Waals surface area contributed by atoms with E-state index in [1.165, 1.54) is 23.5 Å². The van der Waals surface area contributed by atoms with Crippen LogP contribution in [-0.2, 0) is 10.2 Å². The minimum absolute atomic E-state index is 0.107. The quantitative estimate of drug-likeness (QED) is 0.647. The zero-order valence-electron chi connectivity index (χ0n) is 12.8. The zero-order valence-corrected chi connectivity index (χ0v) is 14.5. The third kappa shape index (κ3) is 3.40. The summed E-state index contributed by atoms with van der Waals surface area (Å²) in [5, 5.41) is 11.5. The molecule has 0 spiro atoms. The SMILES string of the molecule is CCSc1nnc(NC(=O)C2(c3cccc(F)c3)CCCC2)s1. The molecule has 122 valence electrons. The van der Waals surface area contributed by atoms with Gasteiger partial charge in [0.15, 0.2) is 4.34 Å². The van der Waals surface area contributed by atoms with Gasteiger partial charge in [-0.2, -0.15) is 0 Å². The molecule has 1 heterocycles. The summed E-state index contributed by atoms with van der Waals surface area (Å²) in [4.78, 5) is 12.9. The van der Waals surface area contributed by atoms with E-state index in [-0.39, 0.29) is 11.7 Å². The Kier molecular flexibility index (Phi) is 4.96. The fourth-order valence-electron chi connectivity index (χ4n) is 3.07. The highest BCUT2D eigenvalue weighted by Gasteiger charge is 2.43. The number of nitrogens with zero attached hydrogens (tertiary/aromatic N) is 2. The molecule has 1 aliphatic carbocycles. The lowest BCUT2D eigenvalue weighted by Gasteiger charge is -2.27. The van der Waals surface area contributed by atoms with Gasteiger partial charge in [0.2, 0.25) is 11.0 Å². The summed E-state index contributed by atoms with van der Waals surface area (Å²) in [7, 11) is 0. The van der Waals surface area contributed by atoms with Crippen LogP contribution in [0.25, 0.3) is 0 Å². The third-order valence-corrected chi connectivity index (χ3v) is 6.02. The molecule has 0 saturated heterocycles. The highest BCUT2D eigenvalue weighted by molar-refractivity contribution is 8.01. The second-order valence-electron chi connectivity index (χ2n) is 5.56. The summed E-state index contributed by atoms with van der Waals surface area (Å²) >= 11 is 2.97. The minimum Gasteiger partial charge on any atom is -0.300 e. The number of anilines is 1. The number of hydrogen-bond acceptors (Lipinski definition) is 5. The van der Waals surface area contributed by atoms with E-state index in [1.54, 1.807) is 17.8 Å². The van der Waals surface area contributed by atoms with Crippen molar-refractivity contribution in [3.8, 4) is 0 Å². The molecular formula is C16H18FN3OS2. The van der Waals surface area contributed by atoms with Crippen LogP contribution in [0.4, 0.5) is 9.52 Å². The standard InChI is InChI=1S/C16H18FN3OS2/c1-2-22-15-20-19-14(23-15)18-13(21)16(8-3-4-9-16)11-6-5-7-12(17)10-11/h5-7,10H,2-4,8-9H2,1H3,(H,18,19,21). The van der Waals surface area contributed by atoms with Crippen molar-refractivity contribution in [2.75, 3.05) is 11.1 Å². The molecule has 0 unspecified atom stereocenters. The maximum absolute atomic E-state index is 13.6. The summed E-state index contributed by atoms with van der Waals surface area (Å²) in [6.07, 6.45) is 3.41. The molecule has 1 N–H and O–H groups in total. The van der Waals surface area contributed by atoms with E-state index in [0.717, 1.165) is 41.3 Å². The number of carbonyl (C=O) groups excluding carboxylic acids is 1. The van der Waals surface area contributed by atoms with Crippen LogP contribution in [-0.4, -0.2) is 21.9 Å². The Morgan fingerprint density at radius 1 is 1.39 bits per heavy atom. The number of halogens is 1. The molecule has 1 fully saturated rings. The van der Waals surface area contributed by atoms with E-state index in [0.29, 0.717) is 5.13 Å². The van der Waals surface area contributed by atoms with E-state index in [9.17, 15) is 9.18 Å². The first-order valence-electron chi connectivity index (χ1n) is 7.68. The molecule has 0 aliphatic heterocycles. The monoisotopic (exact) mass is 351 g/mol. The number of nitrogens with one attached hydrogen (secondary N) is 1. The van der Waals surface area contributed by atoms with Crippen molar-refractivity contribution in [2.24, 2.45) is 0 Å². The summed E-state index contributed by atoms with van der Waals surface area (Å²) in [5.74, 6) is 0.499. The van der Waals surface area contributed by atoms with Crippen molar-refractivity contribution in [3.63, 3.8) is 0 Å². The maximum atomic E-state index is 13.6. The number of carbonyl (C=O) groups is 1. The van der Waals surface area contributed by atoms with Crippen molar-refractivity contribution < 1.29 is 9.18 Å². The number of thioether (sulfide) groups is 1. The summed E-state index contributed by atoms with van der Waals surface area (Å²) in [5.41, 5.74) is 0.0893. The van der Waals surface area contributed by atoms with Crippen molar-refractivity contribution in [1.82, 2.24) is 10.2 Å². The topological polar surface area (TPSA) is 54.9 Å². The Hall–Kier alpha value is -1.47. The highest BCUT2D eigenvalue weighted by atomic mass is 32.2. The molecule has 7 heteroatoms. The Bertz CT molecular complexity index is 698. The summed E-state index contributed by atoms with van der Waals surface area (Å²) in [6.45, 7) is 2.04. The fraction of sp³-hybridized carbons (Fsp3) is 0.438. The van der Waals surface area contributed by atoms with Gasteiger partial charge in [0, 0.05) is 0 Å². The fourth-order valence-corrected chi connectivity index (χ4v) is 4.71. The largest absolute Gasteiger partial charge is 0.300 e. The van der Waals surface area contributed by atoms with Crippen molar-refractivity contribution in [1.29, 1.82) is 0 Å². The molecule has 2 aromatic rings. The Morgan fingerprint density at radius 2 is 2.17 bits per heavy atom. The molecule has 1 aliphatic rings. The van der Waals surface area contributed by atoms with Gasteiger partial charge in [-0.15, -0.1) is 10.2 Å². The Balaban J connectivity index is 1.84. The first-order valence-corrected chi connectivity index (χ1v) is 9.48. The molecule has 1 aromatic carbocycles. The first-order chi connectivity index (χ1) is 11.1. The van der Waals surface area contributed by atoms with Crippen molar-refractivity contribution in [2.45, 2.75) is 42.4 Å². The van der Waals surface area contributed by atoms with Crippen LogP contribution in [0.1, 0.15) is 38.2 Å². The Labute approximate surface area is 142 Å². The second kappa shape index (κ2) is 6.97. The predicted octanol–water partition coefficient (Wildman–Crippen LogP) is 4.24. The van der Waals surface area contributed by atoms with Crippen LogP contribution < -0.4 is 5.32 Å². The smallest absolute Gasteiger partial charge is 0.236 e. The van der Waals surface area contributed by atoms with Gasteiger partial charge in [-0.25, -0.2) is 4.39 Å². The van der Waals surface area contributed by atoms with Crippen LogP contribution >= 0.6 is 23.1 Å². The molecule has 1 amide bonds. The van der Waals surface area contributed by atoms with E-state index < -0.39 is 5.41 Å². The normalized spacial score (nSPS) is 16.4. The van der Waals surface area contributed by atoms with Gasteiger partial charge in [-0.1, -0.05) is 55.0 Å². The van der Waals surface area contributed by atoms with Gasteiger partial charge in [-0.05, 0) is 36.3 Å². The van der Waals surface area contributed by atoms with Crippen LogP contribution in [0.2, 0.25) is 0 Å². The molecule has 3 rings (SSSR count). The summed E-state index contributed by atoms with van der Waals surface area (Å²) in [6, 6.07) is 6.39. The highest BCUT2D eigenvalue weighted by Crippen LogP contribution is 2.42. The lowest BCUT2D eigenvalue weighted by molar-refractivity contribution is -0.121. The number of benzene rings is 1. The molecule has 0 atom stereocenters. The van der Waals surface area contributed by atoms with Crippen LogP contribution in [0.15, 0.2) is 28.6 Å². The van der Waals surface area contributed by atoms with E-state index >= 15 is 0 Å². The zero-order chi connectivity index (χ0) is 16.3. The maximum Gasteiger partial charge on any atom is 0.236 e. The number of amides is 1. The average molecular weight is 351 g/mol.